The Kier molecular flexibility index (Phi) is 8.58. The normalized spacial score (nSPS) is 18.6. The van der Waals surface area contributed by atoms with Gasteiger partial charge in [-0.25, -0.2) is 0 Å². The Morgan fingerprint density at radius 1 is 1.10 bits per heavy atom. The fourth-order valence-corrected chi connectivity index (χ4v) is 7.46. The molecule has 1 fully saturated rings. The number of hydrogen-bond donors (Lipinski definition) is 1. The summed E-state index contributed by atoms with van der Waals surface area (Å²) < 4.78 is 20.5. The van der Waals surface area contributed by atoms with Gasteiger partial charge in [-0.3, -0.25) is 9.10 Å². The second kappa shape index (κ2) is 12.3. The number of hydrogen-bond acceptors (Lipinski definition) is 5. The number of nitrogens with zero attached hydrogens (tertiary/aromatic N) is 1. The van der Waals surface area contributed by atoms with Crippen LogP contribution in [0.4, 0.5) is 0 Å². The smallest absolute Gasteiger partial charge is 0.304 e. The highest BCUT2D eigenvalue weighted by molar-refractivity contribution is 8.13. The zero-order valence-electron chi connectivity index (χ0n) is 22.9. The van der Waals surface area contributed by atoms with Gasteiger partial charge in [0.1, 0.15) is 30.5 Å². The fraction of sp³-hybridized carbons (Fsp3) is 0.375. The van der Waals surface area contributed by atoms with Crippen molar-refractivity contribution in [2.45, 2.75) is 46.1 Å². The van der Waals surface area contributed by atoms with Crippen molar-refractivity contribution in [3.8, 4) is 28.4 Å². The van der Waals surface area contributed by atoms with Crippen LogP contribution < -0.4 is 14.2 Å². The molecule has 0 amide bonds. The monoisotopic (exact) mass is 547 g/mol. The number of carboxylic acid groups (broad SMARTS) is 1. The van der Waals surface area contributed by atoms with E-state index in [4.69, 9.17) is 19.3 Å². The average molecular weight is 548 g/mol. The number of carbonyl (C=O) groups is 1. The van der Waals surface area contributed by atoms with Crippen LogP contribution in [0.5, 0.6) is 17.2 Å². The second-order valence-corrected chi connectivity index (χ2v) is 12.4. The van der Waals surface area contributed by atoms with E-state index < -0.39 is 5.97 Å². The largest absolute Gasteiger partial charge is 0.492 e. The molecule has 0 spiro atoms. The molecule has 5 rings (SSSR count). The van der Waals surface area contributed by atoms with Gasteiger partial charge < -0.3 is 19.3 Å². The molecule has 7 heteroatoms. The molecule has 1 saturated heterocycles. The number of fused-ring (bicyclic) bond motifs is 1. The van der Waals surface area contributed by atoms with Gasteiger partial charge in [0.2, 0.25) is 0 Å². The highest BCUT2D eigenvalue weighted by Gasteiger charge is 2.26. The highest BCUT2D eigenvalue weighted by Crippen LogP contribution is 2.38. The van der Waals surface area contributed by atoms with E-state index in [-0.39, 0.29) is 12.3 Å². The van der Waals surface area contributed by atoms with E-state index in [1.54, 1.807) is 0 Å². The minimum absolute atomic E-state index is 0.0725. The van der Waals surface area contributed by atoms with Crippen molar-refractivity contribution in [2.75, 3.05) is 32.1 Å². The molecule has 0 saturated carbocycles. The van der Waals surface area contributed by atoms with Crippen molar-refractivity contribution >= 4 is 22.0 Å². The summed E-state index contributed by atoms with van der Waals surface area (Å²) in [6, 6.07) is 18.4. The number of carboxylic acids is 1. The van der Waals surface area contributed by atoms with Gasteiger partial charge in [-0.2, -0.15) is 0 Å². The SMILES string of the molecule is C/C=S1\CCCN1CCOc1cc(C)c(-c2cccc(COc3ccc4c(c3)OC[C@H]4CC(=O)O)c2)c(C)c1. The van der Waals surface area contributed by atoms with Crippen molar-refractivity contribution in [1.82, 2.24) is 4.31 Å². The predicted octanol–water partition coefficient (Wildman–Crippen LogP) is 6.59. The third kappa shape index (κ3) is 6.48. The summed E-state index contributed by atoms with van der Waals surface area (Å²) in [4.78, 5) is 11.1. The van der Waals surface area contributed by atoms with Crippen molar-refractivity contribution in [1.29, 1.82) is 0 Å². The Hall–Kier alpha value is -3.29. The van der Waals surface area contributed by atoms with Gasteiger partial charge >= 0.3 is 5.97 Å². The molecule has 39 heavy (non-hydrogen) atoms. The Labute approximate surface area is 233 Å². The van der Waals surface area contributed by atoms with Crippen LogP contribution in [0.1, 0.15) is 47.9 Å². The van der Waals surface area contributed by atoms with Crippen molar-refractivity contribution in [3.05, 3.63) is 76.9 Å². The molecule has 1 unspecified atom stereocenters. The molecule has 2 aliphatic heterocycles. The van der Waals surface area contributed by atoms with E-state index >= 15 is 0 Å². The Morgan fingerprint density at radius 2 is 1.92 bits per heavy atom. The first kappa shape index (κ1) is 27.3. The van der Waals surface area contributed by atoms with Crippen molar-refractivity contribution < 1.29 is 24.1 Å². The van der Waals surface area contributed by atoms with Crippen LogP contribution in [0.15, 0.2) is 54.6 Å². The third-order valence-electron chi connectivity index (χ3n) is 7.39. The lowest BCUT2D eigenvalue weighted by molar-refractivity contribution is -0.137. The van der Waals surface area contributed by atoms with Gasteiger partial charge in [-0.05, 0) is 79.3 Å². The minimum atomic E-state index is -0.814. The molecule has 1 N–H and O–H groups in total. The molecule has 0 aromatic heterocycles. The molecular weight excluding hydrogens is 510 g/mol. The summed E-state index contributed by atoms with van der Waals surface area (Å²) in [5, 5.41) is 11.4. The van der Waals surface area contributed by atoms with E-state index in [1.165, 1.54) is 35.4 Å². The van der Waals surface area contributed by atoms with Crippen LogP contribution in [0.2, 0.25) is 0 Å². The highest BCUT2D eigenvalue weighted by atomic mass is 32.2. The quantitative estimate of drug-likeness (QED) is 0.289. The van der Waals surface area contributed by atoms with Crippen molar-refractivity contribution in [2.24, 2.45) is 0 Å². The summed E-state index contributed by atoms with van der Waals surface area (Å²) in [5.74, 6) is 2.71. The Bertz CT molecular complexity index is 1360. The van der Waals surface area contributed by atoms with E-state index in [0.29, 0.717) is 42.0 Å². The zero-order valence-corrected chi connectivity index (χ0v) is 23.8. The van der Waals surface area contributed by atoms with Crippen LogP contribution in [0.3, 0.4) is 0 Å². The molecule has 3 aromatic carbocycles. The molecular formula is C32H37NO5S. The predicted molar refractivity (Wildman–Crippen MR) is 158 cm³/mol. The number of aryl methyl sites for hydroxylation is 2. The molecule has 3 aromatic rings. The first-order chi connectivity index (χ1) is 18.9. The van der Waals surface area contributed by atoms with Crippen molar-refractivity contribution in [3.63, 3.8) is 0 Å². The second-order valence-electron chi connectivity index (χ2n) is 10.2. The number of rotatable bonds is 10. The number of ether oxygens (including phenoxy) is 3. The fourth-order valence-electron chi connectivity index (χ4n) is 5.57. The van der Waals surface area contributed by atoms with E-state index in [1.807, 2.05) is 18.2 Å². The minimum Gasteiger partial charge on any atom is -0.492 e. The zero-order chi connectivity index (χ0) is 27.4. The van der Waals surface area contributed by atoms with Crippen LogP contribution in [-0.2, 0) is 11.4 Å². The van der Waals surface area contributed by atoms with Gasteiger partial charge in [0, 0.05) is 36.4 Å². The molecule has 6 nitrogen and oxygen atoms in total. The maximum absolute atomic E-state index is 11.1. The number of aliphatic carboxylic acids is 1. The molecule has 0 radical (unpaired) electrons. The Morgan fingerprint density at radius 3 is 2.69 bits per heavy atom. The lowest BCUT2D eigenvalue weighted by atomic mass is 9.94. The van der Waals surface area contributed by atoms with E-state index in [0.717, 1.165) is 29.0 Å². The maximum atomic E-state index is 11.1. The van der Waals surface area contributed by atoms with Gasteiger partial charge in [-0.15, -0.1) is 10.7 Å². The average Bonchev–Trinajstić information content (AvgIpc) is 3.53. The third-order valence-corrected chi connectivity index (χ3v) is 9.67. The standard InChI is InChI=1S/C32H37NO5S/c1-4-39-14-6-11-33(39)12-13-36-28-15-22(2)32(23(3)16-28)25-8-5-7-24(17-25)20-37-27-9-10-29-26(18-31(34)35)21-38-30(29)19-27/h4-5,7-10,15-17,19,26H,6,11-14,18,20-21H2,1-3H3,(H,34,35)/t26-,39?/m1/s1. The maximum Gasteiger partial charge on any atom is 0.304 e. The first-order valence-corrected chi connectivity index (χ1v) is 15.0. The van der Waals surface area contributed by atoms with Crippen LogP contribution in [0, 0.1) is 13.8 Å². The topological polar surface area (TPSA) is 68.2 Å². The molecule has 206 valence electrons. The summed E-state index contributed by atoms with van der Waals surface area (Å²) in [6.07, 6.45) is 1.35. The lowest BCUT2D eigenvalue weighted by Gasteiger charge is -2.19. The molecule has 2 aliphatic rings. The van der Waals surface area contributed by atoms with Crippen LogP contribution >= 0.6 is 10.7 Å². The summed E-state index contributed by atoms with van der Waals surface area (Å²) in [5.41, 5.74) is 6.78. The first-order valence-electron chi connectivity index (χ1n) is 13.6. The van der Waals surface area contributed by atoms with E-state index in [2.05, 4.69) is 66.8 Å². The molecule has 0 aliphatic carbocycles. The number of benzene rings is 3. The van der Waals surface area contributed by atoms with Gasteiger partial charge in [-0.1, -0.05) is 29.6 Å². The summed E-state index contributed by atoms with van der Waals surface area (Å²) in [6.45, 7) is 10.1. The van der Waals surface area contributed by atoms with Crippen LogP contribution in [-0.4, -0.2) is 52.8 Å². The lowest BCUT2D eigenvalue weighted by Crippen LogP contribution is -2.21. The molecule has 2 heterocycles. The Balaban J connectivity index is 1.22. The van der Waals surface area contributed by atoms with Gasteiger partial charge in [0.05, 0.1) is 13.0 Å². The van der Waals surface area contributed by atoms with E-state index in [9.17, 15) is 4.79 Å². The van der Waals surface area contributed by atoms with Crippen LogP contribution in [0.25, 0.3) is 11.1 Å². The summed E-state index contributed by atoms with van der Waals surface area (Å²) >= 11 is 0. The van der Waals surface area contributed by atoms with Gasteiger partial charge in [0.25, 0.3) is 0 Å². The molecule has 2 atom stereocenters. The molecule has 0 bridgehead atoms. The summed E-state index contributed by atoms with van der Waals surface area (Å²) in [7, 11) is 0.305. The van der Waals surface area contributed by atoms with Gasteiger partial charge in [0.15, 0.2) is 0 Å².